The third-order valence-corrected chi connectivity index (χ3v) is 4.14. The Hall–Kier alpha value is -2.00. The van der Waals surface area contributed by atoms with E-state index in [-0.39, 0.29) is 0 Å². The van der Waals surface area contributed by atoms with Crippen molar-refractivity contribution in [3.05, 3.63) is 60.2 Å². The first kappa shape index (κ1) is 14.0. The SMILES string of the molecule is Nc1ccc(N2CCC(NCCc3ccccc3)C2)cc1. The lowest BCUT2D eigenvalue weighted by atomic mass is 10.1. The van der Waals surface area contributed by atoms with Crippen LogP contribution in [-0.4, -0.2) is 25.7 Å². The molecule has 0 saturated carbocycles. The van der Waals surface area contributed by atoms with Crippen LogP contribution in [-0.2, 0) is 6.42 Å². The molecule has 3 nitrogen and oxygen atoms in total. The molecule has 1 heterocycles. The molecule has 1 unspecified atom stereocenters. The first-order valence-corrected chi connectivity index (χ1v) is 7.69. The summed E-state index contributed by atoms with van der Waals surface area (Å²) in [6.07, 6.45) is 2.30. The van der Waals surface area contributed by atoms with Gasteiger partial charge in [0.2, 0.25) is 0 Å². The molecule has 2 aromatic rings. The lowest BCUT2D eigenvalue weighted by molar-refractivity contribution is 0.554. The summed E-state index contributed by atoms with van der Waals surface area (Å²) in [7, 11) is 0. The average Bonchev–Trinajstić information content (AvgIpc) is 2.98. The maximum atomic E-state index is 5.74. The second-order valence-electron chi connectivity index (χ2n) is 5.71. The van der Waals surface area contributed by atoms with Gasteiger partial charge in [-0.1, -0.05) is 30.3 Å². The van der Waals surface area contributed by atoms with Crippen molar-refractivity contribution in [3.63, 3.8) is 0 Å². The van der Waals surface area contributed by atoms with Crippen molar-refractivity contribution < 1.29 is 0 Å². The van der Waals surface area contributed by atoms with Crippen molar-refractivity contribution in [3.8, 4) is 0 Å². The van der Waals surface area contributed by atoms with Crippen LogP contribution in [0.3, 0.4) is 0 Å². The summed E-state index contributed by atoms with van der Waals surface area (Å²) in [4.78, 5) is 2.43. The Labute approximate surface area is 126 Å². The summed E-state index contributed by atoms with van der Waals surface area (Å²) in [5, 5.41) is 3.67. The molecule has 0 aliphatic carbocycles. The molecule has 21 heavy (non-hydrogen) atoms. The number of hydrogen-bond donors (Lipinski definition) is 2. The molecular weight excluding hydrogens is 258 g/mol. The van der Waals surface area contributed by atoms with Gasteiger partial charge in [0.1, 0.15) is 0 Å². The standard InChI is InChI=1S/C18H23N3/c19-16-6-8-18(9-7-16)21-13-11-17(14-21)20-12-10-15-4-2-1-3-5-15/h1-9,17,20H,10-14,19H2. The van der Waals surface area contributed by atoms with E-state index in [2.05, 4.69) is 52.7 Å². The van der Waals surface area contributed by atoms with Gasteiger partial charge >= 0.3 is 0 Å². The van der Waals surface area contributed by atoms with E-state index in [0.717, 1.165) is 31.7 Å². The van der Waals surface area contributed by atoms with Crippen molar-refractivity contribution in [2.75, 3.05) is 30.3 Å². The Morgan fingerprint density at radius 2 is 1.81 bits per heavy atom. The zero-order valence-electron chi connectivity index (χ0n) is 12.3. The second kappa shape index (κ2) is 6.64. The fraction of sp³-hybridized carbons (Fsp3) is 0.333. The smallest absolute Gasteiger partial charge is 0.0368 e. The molecule has 0 radical (unpaired) electrons. The average molecular weight is 281 g/mol. The molecule has 0 bridgehead atoms. The highest BCUT2D eigenvalue weighted by atomic mass is 15.2. The van der Waals surface area contributed by atoms with Crippen LogP contribution >= 0.6 is 0 Å². The topological polar surface area (TPSA) is 41.3 Å². The Morgan fingerprint density at radius 1 is 1.05 bits per heavy atom. The fourth-order valence-corrected chi connectivity index (χ4v) is 2.91. The summed E-state index contributed by atoms with van der Waals surface area (Å²) in [5.41, 5.74) is 9.25. The van der Waals surface area contributed by atoms with Gasteiger partial charge in [0.15, 0.2) is 0 Å². The summed E-state index contributed by atoms with van der Waals surface area (Å²) in [5.74, 6) is 0. The molecule has 3 N–H and O–H groups in total. The summed E-state index contributed by atoms with van der Waals surface area (Å²) < 4.78 is 0. The summed E-state index contributed by atoms with van der Waals surface area (Å²) in [6.45, 7) is 3.25. The number of benzene rings is 2. The minimum Gasteiger partial charge on any atom is -0.399 e. The molecule has 1 aliphatic heterocycles. The van der Waals surface area contributed by atoms with Crippen LogP contribution in [0.15, 0.2) is 54.6 Å². The van der Waals surface area contributed by atoms with E-state index < -0.39 is 0 Å². The first-order chi connectivity index (χ1) is 10.3. The molecular formula is C18H23N3. The third kappa shape index (κ3) is 3.76. The molecule has 110 valence electrons. The summed E-state index contributed by atoms with van der Waals surface area (Å²) in [6, 6.07) is 19.4. The molecule has 1 saturated heterocycles. The van der Waals surface area contributed by atoms with E-state index in [1.807, 2.05) is 12.1 Å². The molecule has 0 spiro atoms. The van der Waals surface area contributed by atoms with E-state index in [9.17, 15) is 0 Å². The number of hydrogen-bond acceptors (Lipinski definition) is 3. The zero-order valence-corrected chi connectivity index (χ0v) is 12.3. The van der Waals surface area contributed by atoms with Crippen LogP contribution in [0.2, 0.25) is 0 Å². The van der Waals surface area contributed by atoms with Gasteiger partial charge in [0, 0.05) is 30.5 Å². The lowest BCUT2D eigenvalue weighted by Gasteiger charge is -2.19. The third-order valence-electron chi connectivity index (χ3n) is 4.14. The van der Waals surface area contributed by atoms with Crippen LogP contribution in [0.1, 0.15) is 12.0 Å². The number of nitrogens with two attached hydrogens (primary N) is 1. The van der Waals surface area contributed by atoms with Crippen molar-refractivity contribution in [2.45, 2.75) is 18.9 Å². The highest BCUT2D eigenvalue weighted by molar-refractivity contribution is 5.53. The minimum absolute atomic E-state index is 0.589. The van der Waals surface area contributed by atoms with Crippen molar-refractivity contribution in [1.82, 2.24) is 5.32 Å². The number of anilines is 2. The molecule has 3 heteroatoms. The van der Waals surface area contributed by atoms with Crippen LogP contribution < -0.4 is 16.0 Å². The highest BCUT2D eigenvalue weighted by Crippen LogP contribution is 2.21. The Kier molecular flexibility index (Phi) is 4.41. The van der Waals surface area contributed by atoms with Gasteiger partial charge in [0.25, 0.3) is 0 Å². The van der Waals surface area contributed by atoms with E-state index in [4.69, 9.17) is 5.73 Å². The summed E-state index contributed by atoms with van der Waals surface area (Å²) >= 11 is 0. The van der Waals surface area contributed by atoms with Gasteiger partial charge in [0.05, 0.1) is 0 Å². The highest BCUT2D eigenvalue weighted by Gasteiger charge is 2.21. The fourth-order valence-electron chi connectivity index (χ4n) is 2.91. The van der Waals surface area contributed by atoms with Crippen molar-refractivity contribution in [2.24, 2.45) is 0 Å². The van der Waals surface area contributed by atoms with E-state index >= 15 is 0 Å². The molecule has 3 rings (SSSR count). The van der Waals surface area contributed by atoms with Gasteiger partial charge in [-0.3, -0.25) is 0 Å². The van der Waals surface area contributed by atoms with Crippen LogP contribution in [0.4, 0.5) is 11.4 Å². The van der Waals surface area contributed by atoms with Gasteiger partial charge in [-0.05, 0) is 49.2 Å². The van der Waals surface area contributed by atoms with Gasteiger partial charge in [-0.2, -0.15) is 0 Å². The molecule has 2 aromatic carbocycles. The van der Waals surface area contributed by atoms with Gasteiger partial charge < -0.3 is 16.0 Å². The maximum absolute atomic E-state index is 5.74. The molecule has 1 atom stereocenters. The Balaban J connectivity index is 1.45. The Bertz CT molecular complexity index is 550. The molecule has 0 amide bonds. The van der Waals surface area contributed by atoms with Gasteiger partial charge in [-0.25, -0.2) is 0 Å². The molecule has 0 aromatic heterocycles. The number of nitrogen functional groups attached to an aromatic ring is 1. The van der Waals surface area contributed by atoms with Crippen molar-refractivity contribution >= 4 is 11.4 Å². The van der Waals surface area contributed by atoms with Gasteiger partial charge in [-0.15, -0.1) is 0 Å². The maximum Gasteiger partial charge on any atom is 0.0368 e. The Morgan fingerprint density at radius 3 is 2.57 bits per heavy atom. The second-order valence-corrected chi connectivity index (χ2v) is 5.71. The minimum atomic E-state index is 0.589. The van der Waals surface area contributed by atoms with E-state index in [1.54, 1.807) is 0 Å². The van der Waals surface area contributed by atoms with Crippen LogP contribution in [0.5, 0.6) is 0 Å². The zero-order chi connectivity index (χ0) is 14.5. The lowest BCUT2D eigenvalue weighted by Crippen LogP contribution is -2.33. The van der Waals surface area contributed by atoms with Crippen molar-refractivity contribution in [1.29, 1.82) is 0 Å². The number of nitrogens with zero attached hydrogens (tertiary/aromatic N) is 1. The molecule has 1 aliphatic rings. The largest absolute Gasteiger partial charge is 0.399 e. The normalized spacial score (nSPS) is 18.1. The monoisotopic (exact) mass is 281 g/mol. The molecule has 1 fully saturated rings. The quantitative estimate of drug-likeness (QED) is 0.828. The van der Waals surface area contributed by atoms with Crippen LogP contribution in [0, 0.1) is 0 Å². The van der Waals surface area contributed by atoms with E-state index in [1.165, 1.54) is 17.7 Å². The number of nitrogens with one attached hydrogen (secondary N) is 1. The number of rotatable bonds is 5. The first-order valence-electron chi connectivity index (χ1n) is 7.69. The van der Waals surface area contributed by atoms with Crippen LogP contribution in [0.25, 0.3) is 0 Å². The predicted molar refractivity (Wildman–Crippen MR) is 89.6 cm³/mol. The van der Waals surface area contributed by atoms with E-state index in [0.29, 0.717) is 6.04 Å². The predicted octanol–water partition coefficient (Wildman–Crippen LogP) is 2.68.